The molecule has 1 aliphatic carbocycles. The minimum absolute atomic E-state index is 1.10. The van der Waals surface area contributed by atoms with E-state index in [1.54, 1.807) is 0 Å². The third-order valence-electron chi connectivity index (χ3n) is 3.91. The molecule has 0 atom stereocenters. The van der Waals surface area contributed by atoms with E-state index >= 15 is 0 Å². The second kappa shape index (κ2) is 5.92. The van der Waals surface area contributed by atoms with Gasteiger partial charge in [0.25, 0.3) is 0 Å². The van der Waals surface area contributed by atoms with Crippen LogP contribution in [0.4, 0.5) is 0 Å². The van der Waals surface area contributed by atoms with Crippen LogP contribution >= 0.6 is 0 Å². The Bertz CT molecular complexity index is 625. The Balaban J connectivity index is 1.85. The zero-order valence-electron chi connectivity index (χ0n) is 12.0. The molecule has 0 radical (unpaired) electrons. The average Bonchev–Trinajstić information content (AvgIpc) is 2.56. The number of hydrogen-bond acceptors (Lipinski definition) is 0. The highest BCUT2D eigenvalue weighted by molar-refractivity contribution is 5.76. The van der Waals surface area contributed by atoms with Crippen LogP contribution < -0.4 is 0 Å². The molecule has 0 saturated carbocycles. The summed E-state index contributed by atoms with van der Waals surface area (Å²) >= 11 is 0. The number of benzene rings is 2. The van der Waals surface area contributed by atoms with Crippen molar-refractivity contribution in [1.29, 1.82) is 0 Å². The predicted molar refractivity (Wildman–Crippen MR) is 87.6 cm³/mol. The Morgan fingerprint density at radius 2 is 1.35 bits per heavy atom. The molecule has 3 rings (SSSR count). The van der Waals surface area contributed by atoms with Crippen molar-refractivity contribution in [3.05, 3.63) is 77.9 Å². The van der Waals surface area contributed by atoms with Crippen molar-refractivity contribution >= 4 is 5.57 Å². The molecule has 0 unspecified atom stereocenters. The van der Waals surface area contributed by atoms with Gasteiger partial charge in [-0.15, -0.1) is 0 Å². The van der Waals surface area contributed by atoms with E-state index in [-0.39, 0.29) is 0 Å². The van der Waals surface area contributed by atoms with Crippen molar-refractivity contribution in [1.82, 2.24) is 0 Å². The standard InChI is InChI=1S/C20H20/c1-2-16-8-10-18(11-9-16)20-14-12-19(13-15-20)17-6-4-3-5-7-17/h4,6-15H,2-3,5H2,1H3. The van der Waals surface area contributed by atoms with Crippen LogP contribution in [0.15, 0.2) is 66.8 Å². The van der Waals surface area contributed by atoms with Gasteiger partial charge in [-0.3, -0.25) is 0 Å². The van der Waals surface area contributed by atoms with Crippen LogP contribution in [0.5, 0.6) is 0 Å². The van der Waals surface area contributed by atoms with Crippen LogP contribution in [0.3, 0.4) is 0 Å². The van der Waals surface area contributed by atoms with E-state index in [0.29, 0.717) is 0 Å². The van der Waals surface area contributed by atoms with Crippen molar-refractivity contribution in [3.8, 4) is 11.1 Å². The van der Waals surface area contributed by atoms with Gasteiger partial charge in [-0.25, -0.2) is 0 Å². The van der Waals surface area contributed by atoms with Gasteiger partial charge < -0.3 is 0 Å². The van der Waals surface area contributed by atoms with Gasteiger partial charge in [0.2, 0.25) is 0 Å². The molecule has 0 amide bonds. The van der Waals surface area contributed by atoms with Crippen LogP contribution in [0, 0.1) is 0 Å². The lowest BCUT2D eigenvalue weighted by Gasteiger charge is -2.09. The highest BCUT2D eigenvalue weighted by Gasteiger charge is 2.02. The van der Waals surface area contributed by atoms with Crippen LogP contribution in [0.1, 0.15) is 30.9 Å². The minimum atomic E-state index is 1.10. The summed E-state index contributed by atoms with van der Waals surface area (Å²) in [5.74, 6) is 0. The summed E-state index contributed by atoms with van der Waals surface area (Å²) in [4.78, 5) is 0. The Morgan fingerprint density at radius 1 is 0.750 bits per heavy atom. The van der Waals surface area contributed by atoms with Crippen molar-refractivity contribution in [2.24, 2.45) is 0 Å². The van der Waals surface area contributed by atoms with Crippen LogP contribution in [-0.2, 0) is 6.42 Å². The molecule has 0 aromatic heterocycles. The molecule has 0 heteroatoms. The second-order valence-corrected chi connectivity index (χ2v) is 5.27. The first-order chi connectivity index (χ1) is 9.86. The molecule has 2 aromatic rings. The van der Waals surface area contributed by atoms with Crippen molar-refractivity contribution in [3.63, 3.8) is 0 Å². The Kier molecular flexibility index (Phi) is 3.83. The molecule has 0 N–H and O–H groups in total. The third kappa shape index (κ3) is 2.75. The summed E-state index contributed by atoms with van der Waals surface area (Å²) in [5.41, 5.74) is 6.64. The molecule has 0 spiro atoms. The largest absolute Gasteiger partial charge is 0.0836 e. The Morgan fingerprint density at radius 3 is 1.90 bits per heavy atom. The van der Waals surface area contributed by atoms with E-state index in [1.165, 1.54) is 34.2 Å². The lowest BCUT2D eigenvalue weighted by molar-refractivity contribution is 1.04. The zero-order valence-corrected chi connectivity index (χ0v) is 12.0. The fourth-order valence-electron chi connectivity index (χ4n) is 2.62. The number of allylic oxidation sites excluding steroid dienone is 4. The Labute approximate surface area is 121 Å². The molecular formula is C20H20. The van der Waals surface area contributed by atoms with Gasteiger partial charge in [0.05, 0.1) is 0 Å². The van der Waals surface area contributed by atoms with Gasteiger partial charge in [-0.2, -0.15) is 0 Å². The van der Waals surface area contributed by atoms with Crippen molar-refractivity contribution in [2.75, 3.05) is 0 Å². The molecule has 0 saturated heterocycles. The van der Waals surface area contributed by atoms with E-state index in [9.17, 15) is 0 Å². The highest BCUT2D eigenvalue weighted by atomic mass is 14.1. The monoisotopic (exact) mass is 260 g/mol. The lowest BCUT2D eigenvalue weighted by atomic mass is 9.96. The van der Waals surface area contributed by atoms with Gasteiger partial charge >= 0.3 is 0 Å². The average molecular weight is 260 g/mol. The summed E-state index contributed by atoms with van der Waals surface area (Å²) in [6, 6.07) is 17.8. The molecule has 0 heterocycles. The number of hydrogen-bond donors (Lipinski definition) is 0. The van der Waals surface area contributed by atoms with Crippen LogP contribution in [0.25, 0.3) is 16.7 Å². The maximum absolute atomic E-state index is 2.32. The fraction of sp³-hybridized carbons (Fsp3) is 0.200. The van der Waals surface area contributed by atoms with Crippen molar-refractivity contribution in [2.45, 2.75) is 26.2 Å². The summed E-state index contributed by atoms with van der Waals surface area (Å²) in [7, 11) is 0. The Hall–Kier alpha value is -2.08. The minimum Gasteiger partial charge on any atom is -0.0836 e. The zero-order chi connectivity index (χ0) is 13.8. The first-order valence-corrected chi connectivity index (χ1v) is 7.43. The third-order valence-corrected chi connectivity index (χ3v) is 3.91. The second-order valence-electron chi connectivity index (χ2n) is 5.27. The van der Waals surface area contributed by atoms with Gasteiger partial charge in [-0.1, -0.05) is 73.7 Å². The normalized spacial score (nSPS) is 14.2. The molecule has 0 nitrogen and oxygen atoms in total. The molecule has 20 heavy (non-hydrogen) atoms. The number of rotatable bonds is 3. The van der Waals surface area contributed by atoms with E-state index in [4.69, 9.17) is 0 Å². The summed E-state index contributed by atoms with van der Waals surface area (Å²) in [6.45, 7) is 2.19. The van der Waals surface area contributed by atoms with Crippen molar-refractivity contribution < 1.29 is 0 Å². The molecule has 2 aromatic carbocycles. The molecule has 0 bridgehead atoms. The SMILES string of the molecule is CCc1ccc(-c2ccc(C3=CCCC=C3)cc2)cc1. The van der Waals surface area contributed by atoms with Gasteiger partial charge in [0, 0.05) is 0 Å². The van der Waals surface area contributed by atoms with Gasteiger partial charge in [-0.05, 0) is 47.1 Å². The smallest absolute Gasteiger partial charge is 0.0184 e. The number of aryl methyl sites for hydroxylation is 1. The summed E-state index contributed by atoms with van der Waals surface area (Å²) in [5, 5.41) is 0. The van der Waals surface area contributed by atoms with E-state index < -0.39 is 0 Å². The van der Waals surface area contributed by atoms with E-state index in [1.807, 2.05) is 0 Å². The fourth-order valence-corrected chi connectivity index (χ4v) is 2.62. The predicted octanol–water partition coefficient (Wildman–Crippen LogP) is 5.65. The van der Waals surface area contributed by atoms with E-state index in [0.717, 1.165) is 12.8 Å². The highest BCUT2D eigenvalue weighted by Crippen LogP contribution is 2.25. The first kappa shape index (κ1) is 12.9. The molecule has 1 aliphatic rings. The topological polar surface area (TPSA) is 0 Å². The van der Waals surface area contributed by atoms with Crippen LogP contribution in [0.2, 0.25) is 0 Å². The molecular weight excluding hydrogens is 240 g/mol. The summed E-state index contributed by atoms with van der Waals surface area (Å²) in [6.07, 6.45) is 10.2. The van der Waals surface area contributed by atoms with E-state index in [2.05, 4.69) is 73.7 Å². The molecule has 100 valence electrons. The summed E-state index contributed by atoms with van der Waals surface area (Å²) < 4.78 is 0. The lowest BCUT2D eigenvalue weighted by Crippen LogP contribution is -1.86. The quantitative estimate of drug-likeness (QED) is 0.669. The first-order valence-electron chi connectivity index (χ1n) is 7.43. The van der Waals surface area contributed by atoms with Gasteiger partial charge in [0.15, 0.2) is 0 Å². The molecule has 0 fully saturated rings. The molecule has 0 aliphatic heterocycles. The van der Waals surface area contributed by atoms with Gasteiger partial charge in [0.1, 0.15) is 0 Å². The maximum atomic E-state index is 2.32. The van der Waals surface area contributed by atoms with Crippen LogP contribution in [-0.4, -0.2) is 0 Å². The maximum Gasteiger partial charge on any atom is -0.0184 e.